The second kappa shape index (κ2) is 4.19. The second-order valence-electron chi connectivity index (χ2n) is 4.49. The fourth-order valence-corrected chi connectivity index (χ4v) is 2.30. The highest BCUT2D eigenvalue weighted by atomic mass is 15.1. The molecule has 3 nitrogen and oxygen atoms in total. The fraction of sp³-hybridized carbons (Fsp3) is 0.583. The summed E-state index contributed by atoms with van der Waals surface area (Å²) >= 11 is 0. The van der Waals surface area contributed by atoms with E-state index in [1.54, 1.807) is 0 Å². The van der Waals surface area contributed by atoms with Gasteiger partial charge in [-0.25, -0.2) is 4.98 Å². The SMILES string of the molecule is Cc1cccnc1NC1(CN)CCCC1. The molecule has 1 saturated carbocycles. The Morgan fingerprint density at radius 2 is 2.20 bits per heavy atom. The van der Waals surface area contributed by atoms with Gasteiger partial charge in [0.15, 0.2) is 0 Å². The van der Waals surface area contributed by atoms with Crippen molar-refractivity contribution >= 4 is 5.82 Å². The molecule has 1 aliphatic rings. The first-order valence-corrected chi connectivity index (χ1v) is 5.66. The van der Waals surface area contributed by atoms with Crippen molar-refractivity contribution < 1.29 is 0 Å². The van der Waals surface area contributed by atoms with Gasteiger partial charge in [0.2, 0.25) is 0 Å². The van der Waals surface area contributed by atoms with E-state index in [9.17, 15) is 0 Å². The summed E-state index contributed by atoms with van der Waals surface area (Å²) in [5.41, 5.74) is 7.16. The molecule has 0 spiro atoms. The van der Waals surface area contributed by atoms with E-state index in [4.69, 9.17) is 5.73 Å². The molecule has 1 aliphatic carbocycles. The number of hydrogen-bond acceptors (Lipinski definition) is 3. The molecule has 1 fully saturated rings. The van der Waals surface area contributed by atoms with Gasteiger partial charge in [0.1, 0.15) is 5.82 Å². The Kier molecular flexibility index (Phi) is 2.91. The van der Waals surface area contributed by atoms with Crippen LogP contribution in [0.4, 0.5) is 5.82 Å². The maximum absolute atomic E-state index is 5.88. The van der Waals surface area contributed by atoms with E-state index in [-0.39, 0.29) is 5.54 Å². The van der Waals surface area contributed by atoms with Crippen molar-refractivity contribution in [3.8, 4) is 0 Å². The summed E-state index contributed by atoms with van der Waals surface area (Å²) in [5.74, 6) is 0.991. The van der Waals surface area contributed by atoms with Gasteiger partial charge in [-0.2, -0.15) is 0 Å². The Hall–Kier alpha value is -1.09. The van der Waals surface area contributed by atoms with E-state index < -0.39 is 0 Å². The third-order valence-corrected chi connectivity index (χ3v) is 3.34. The van der Waals surface area contributed by atoms with Crippen molar-refractivity contribution in [1.29, 1.82) is 0 Å². The largest absolute Gasteiger partial charge is 0.363 e. The lowest BCUT2D eigenvalue weighted by Crippen LogP contribution is -2.43. The quantitative estimate of drug-likeness (QED) is 0.794. The molecule has 1 aromatic heterocycles. The number of nitrogens with zero attached hydrogens (tertiary/aromatic N) is 1. The molecule has 0 saturated heterocycles. The van der Waals surface area contributed by atoms with Crippen LogP contribution in [0.2, 0.25) is 0 Å². The molecule has 0 bridgehead atoms. The minimum atomic E-state index is 0.0963. The average molecular weight is 205 g/mol. The van der Waals surface area contributed by atoms with Gasteiger partial charge in [-0.15, -0.1) is 0 Å². The van der Waals surface area contributed by atoms with E-state index in [1.807, 2.05) is 12.3 Å². The first-order valence-electron chi connectivity index (χ1n) is 5.66. The standard InChI is InChI=1S/C12H19N3/c1-10-5-4-8-14-11(10)15-12(9-13)6-2-3-7-12/h4-5,8H,2-3,6-7,9,13H2,1H3,(H,14,15). The van der Waals surface area contributed by atoms with Gasteiger partial charge in [0.05, 0.1) is 5.54 Å². The van der Waals surface area contributed by atoms with Crippen LogP contribution in [0.3, 0.4) is 0 Å². The number of rotatable bonds is 3. The molecule has 0 radical (unpaired) electrons. The van der Waals surface area contributed by atoms with Crippen molar-refractivity contribution in [3.05, 3.63) is 23.9 Å². The topological polar surface area (TPSA) is 50.9 Å². The minimum Gasteiger partial charge on any atom is -0.363 e. The molecule has 2 rings (SSSR count). The highest BCUT2D eigenvalue weighted by Crippen LogP contribution is 2.32. The zero-order chi connectivity index (χ0) is 10.7. The number of aryl methyl sites for hydroxylation is 1. The summed E-state index contributed by atoms with van der Waals surface area (Å²) in [7, 11) is 0. The van der Waals surface area contributed by atoms with Crippen molar-refractivity contribution in [1.82, 2.24) is 4.98 Å². The van der Waals surface area contributed by atoms with E-state index >= 15 is 0 Å². The van der Waals surface area contributed by atoms with Crippen LogP contribution in [-0.4, -0.2) is 17.1 Å². The van der Waals surface area contributed by atoms with Crippen LogP contribution < -0.4 is 11.1 Å². The summed E-state index contributed by atoms with van der Waals surface area (Å²) in [6, 6.07) is 4.04. The lowest BCUT2D eigenvalue weighted by Gasteiger charge is -2.30. The maximum Gasteiger partial charge on any atom is 0.129 e. The Labute approximate surface area is 91.1 Å². The van der Waals surface area contributed by atoms with Gasteiger partial charge in [-0.3, -0.25) is 0 Å². The zero-order valence-electron chi connectivity index (χ0n) is 9.29. The summed E-state index contributed by atoms with van der Waals surface area (Å²) in [4.78, 5) is 4.37. The van der Waals surface area contributed by atoms with Crippen LogP contribution in [0.25, 0.3) is 0 Å². The van der Waals surface area contributed by atoms with Crippen molar-refractivity contribution in [2.75, 3.05) is 11.9 Å². The number of nitrogens with one attached hydrogen (secondary N) is 1. The molecule has 15 heavy (non-hydrogen) atoms. The molecule has 82 valence electrons. The van der Waals surface area contributed by atoms with E-state index in [0.717, 1.165) is 5.82 Å². The molecule has 0 atom stereocenters. The van der Waals surface area contributed by atoms with Gasteiger partial charge in [0, 0.05) is 12.7 Å². The molecule has 0 aliphatic heterocycles. The maximum atomic E-state index is 5.88. The first kappa shape index (κ1) is 10.4. The Balaban J connectivity index is 2.16. The summed E-state index contributed by atoms with van der Waals surface area (Å²) in [5, 5.41) is 3.54. The molecule has 0 aromatic carbocycles. The van der Waals surface area contributed by atoms with Crippen molar-refractivity contribution in [2.45, 2.75) is 38.1 Å². The zero-order valence-corrected chi connectivity index (χ0v) is 9.29. The van der Waals surface area contributed by atoms with Gasteiger partial charge >= 0.3 is 0 Å². The van der Waals surface area contributed by atoms with E-state index in [2.05, 4.69) is 23.3 Å². The molecule has 0 amide bonds. The van der Waals surface area contributed by atoms with Crippen molar-refractivity contribution in [3.63, 3.8) is 0 Å². The number of hydrogen-bond donors (Lipinski definition) is 2. The lowest BCUT2D eigenvalue weighted by molar-refractivity contribution is 0.491. The smallest absolute Gasteiger partial charge is 0.129 e. The molecular weight excluding hydrogens is 186 g/mol. The Morgan fingerprint density at radius 1 is 1.47 bits per heavy atom. The Morgan fingerprint density at radius 3 is 2.80 bits per heavy atom. The predicted octanol–water partition coefficient (Wildman–Crippen LogP) is 2.07. The van der Waals surface area contributed by atoms with Crippen molar-refractivity contribution in [2.24, 2.45) is 5.73 Å². The number of anilines is 1. The second-order valence-corrected chi connectivity index (χ2v) is 4.49. The van der Waals surface area contributed by atoms with Crippen LogP contribution in [0, 0.1) is 6.92 Å². The molecule has 3 heteroatoms. The monoisotopic (exact) mass is 205 g/mol. The summed E-state index contributed by atoms with van der Waals surface area (Å²) < 4.78 is 0. The highest BCUT2D eigenvalue weighted by Gasteiger charge is 2.32. The fourth-order valence-electron chi connectivity index (χ4n) is 2.30. The number of aromatic nitrogens is 1. The molecule has 0 unspecified atom stereocenters. The molecular formula is C12H19N3. The summed E-state index contributed by atoms with van der Waals surface area (Å²) in [6.45, 7) is 2.78. The first-order chi connectivity index (χ1) is 7.26. The van der Waals surface area contributed by atoms with Gasteiger partial charge in [-0.1, -0.05) is 18.9 Å². The van der Waals surface area contributed by atoms with Gasteiger partial charge in [-0.05, 0) is 31.4 Å². The Bertz CT molecular complexity index is 329. The van der Waals surface area contributed by atoms with Crippen LogP contribution in [0.15, 0.2) is 18.3 Å². The highest BCUT2D eigenvalue weighted by molar-refractivity contribution is 5.45. The lowest BCUT2D eigenvalue weighted by atomic mass is 9.97. The average Bonchev–Trinajstić information content (AvgIpc) is 2.71. The predicted molar refractivity (Wildman–Crippen MR) is 62.9 cm³/mol. The third kappa shape index (κ3) is 2.12. The molecule has 3 N–H and O–H groups in total. The third-order valence-electron chi connectivity index (χ3n) is 3.34. The van der Waals surface area contributed by atoms with E-state index in [0.29, 0.717) is 6.54 Å². The van der Waals surface area contributed by atoms with Gasteiger partial charge < -0.3 is 11.1 Å². The van der Waals surface area contributed by atoms with Crippen LogP contribution >= 0.6 is 0 Å². The molecule has 1 aromatic rings. The van der Waals surface area contributed by atoms with Crippen LogP contribution in [-0.2, 0) is 0 Å². The molecule has 1 heterocycles. The number of pyridine rings is 1. The summed E-state index contributed by atoms with van der Waals surface area (Å²) in [6.07, 6.45) is 6.71. The van der Waals surface area contributed by atoms with E-state index in [1.165, 1.54) is 31.2 Å². The van der Waals surface area contributed by atoms with Crippen LogP contribution in [0.5, 0.6) is 0 Å². The normalized spacial score (nSPS) is 19.1. The van der Waals surface area contributed by atoms with Crippen LogP contribution in [0.1, 0.15) is 31.2 Å². The minimum absolute atomic E-state index is 0.0963. The number of nitrogens with two attached hydrogens (primary N) is 1. The van der Waals surface area contributed by atoms with Gasteiger partial charge in [0.25, 0.3) is 0 Å².